The summed E-state index contributed by atoms with van der Waals surface area (Å²) in [5, 5.41) is 34.9. The van der Waals surface area contributed by atoms with Crippen LogP contribution in [0.15, 0.2) is 18.2 Å². The molecule has 3 aliphatic rings. The Morgan fingerprint density at radius 1 is 1.10 bits per heavy atom. The molecule has 0 amide bonds. The minimum absolute atomic E-state index is 0.145. The highest BCUT2D eigenvalue weighted by atomic mass is 19.1. The highest BCUT2D eigenvalue weighted by Crippen LogP contribution is 2.52. The van der Waals surface area contributed by atoms with Crippen molar-refractivity contribution in [2.24, 2.45) is 11.8 Å². The van der Waals surface area contributed by atoms with E-state index in [1.54, 1.807) is 12.1 Å². The number of ether oxygens (including phenoxy) is 1. The van der Waals surface area contributed by atoms with E-state index in [0.29, 0.717) is 12.0 Å². The number of aliphatic carboxylic acids is 3. The standard InChI is InChI=1S/C24H33FN2O.C6H8O7/c1-27(2)19-9-11-24(17(14-19)13-16-5-3-4-6-16)23-20(10-12-28-24)21-15-18(25)7-8-22(21)26-23;7-3(8)1-6(13,5(11)12)2-4(9)10/h7-8,15-17,19,26H,3-6,9-14H2,1-2H3;13H,1-2H2,(H,7,8)(H,9,10)(H,11,12). The Morgan fingerprint density at radius 3 is 2.34 bits per heavy atom. The van der Waals surface area contributed by atoms with E-state index in [4.69, 9.17) is 25.2 Å². The largest absolute Gasteiger partial charge is 0.481 e. The average molecular weight is 577 g/mol. The van der Waals surface area contributed by atoms with Crippen molar-refractivity contribution < 1.29 is 43.9 Å². The summed E-state index contributed by atoms with van der Waals surface area (Å²) >= 11 is 0. The molecule has 5 rings (SSSR count). The van der Waals surface area contributed by atoms with E-state index in [1.165, 1.54) is 49.8 Å². The van der Waals surface area contributed by atoms with Crippen LogP contribution >= 0.6 is 0 Å². The van der Waals surface area contributed by atoms with Gasteiger partial charge in [0.05, 0.1) is 25.1 Å². The first kappa shape index (κ1) is 30.9. The van der Waals surface area contributed by atoms with Gasteiger partial charge < -0.3 is 35.0 Å². The molecule has 2 saturated carbocycles. The number of aromatic nitrogens is 1. The van der Waals surface area contributed by atoms with Crippen molar-refractivity contribution in [1.29, 1.82) is 0 Å². The van der Waals surface area contributed by atoms with Gasteiger partial charge in [0, 0.05) is 16.9 Å². The second-order valence-electron chi connectivity index (χ2n) is 12.1. The van der Waals surface area contributed by atoms with E-state index in [9.17, 15) is 18.8 Å². The van der Waals surface area contributed by atoms with Gasteiger partial charge in [0.2, 0.25) is 0 Å². The van der Waals surface area contributed by atoms with Crippen LogP contribution in [0.1, 0.15) is 75.5 Å². The van der Waals surface area contributed by atoms with E-state index in [-0.39, 0.29) is 11.4 Å². The fraction of sp³-hybridized carbons (Fsp3) is 0.633. The maximum Gasteiger partial charge on any atom is 0.336 e. The van der Waals surface area contributed by atoms with Crippen LogP contribution in [-0.4, -0.2) is 80.6 Å². The van der Waals surface area contributed by atoms with Gasteiger partial charge in [0.15, 0.2) is 5.60 Å². The van der Waals surface area contributed by atoms with Crippen LogP contribution in [0, 0.1) is 17.7 Å². The predicted molar refractivity (Wildman–Crippen MR) is 148 cm³/mol. The van der Waals surface area contributed by atoms with Crippen molar-refractivity contribution >= 4 is 28.8 Å². The zero-order valence-electron chi connectivity index (χ0n) is 23.7. The Balaban J connectivity index is 0.000000254. The SMILES string of the molecule is CN(C)C1CCC2(OCCc3c2[nH]c2ccc(F)cc32)C(CC2CCCC2)C1.O=C(O)CC(O)(CC(=O)O)C(=O)O. The molecule has 226 valence electrons. The Labute approximate surface area is 238 Å². The zero-order chi connectivity index (χ0) is 29.9. The second kappa shape index (κ2) is 12.5. The summed E-state index contributed by atoms with van der Waals surface area (Å²) in [6.45, 7) is 0.754. The summed E-state index contributed by atoms with van der Waals surface area (Å²) in [4.78, 5) is 36.6. The van der Waals surface area contributed by atoms with Crippen LogP contribution < -0.4 is 0 Å². The van der Waals surface area contributed by atoms with Crippen LogP contribution in [0.25, 0.3) is 10.9 Å². The van der Waals surface area contributed by atoms with Crippen LogP contribution in [0.2, 0.25) is 0 Å². The number of hydrogen-bond donors (Lipinski definition) is 5. The first-order valence-electron chi connectivity index (χ1n) is 14.3. The number of carboxylic acid groups (broad SMARTS) is 3. The number of carbonyl (C=O) groups is 3. The number of carboxylic acids is 3. The van der Waals surface area contributed by atoms with Gasteiger partial charge in [-0.05, 0) is 81.8 Å². The van der Waals surface area contributed by atoms with Crippen LogP contribution in [0.5, 0.6) is 0 Å². The summed E-state index contributed by atoms with van der Waals surface area (Å²) in [5.41, 5.74) is 0.682. The lowest BCUT2D eigenvalue weighted by Crippen LogP contribution is -2.50. The average Bonchev–Trinajstić information content (AvgIpc) is 3.53. The van der Waals surface area contributed by atoms with Gasteiger partial charge in [-0.2, -0.15) is 0 Å². The molecule has 2 aliphatic carbocycles. The van der Waals surface area contributed by atoms with E-state index in [2.05, 4.69) is 24.0 Å². The summed E-state index contributed by atoms with van der Waals surface area (Å²) in [6, 6.07) is 5.80. The topological polar surface area (TPSA) is 160 Å². The number of H-pyrrole nitrogens is 1. The van der Waals surface area contributed by atoms with Crippen molar-refractivity contribution in [3.05, 3.63) is 35.3 Å². The molecule has 0 bridgehead atoms. The smallest absolute Gasteiger partial charge is 0.336 e. The quantitative estimate of drug-likeness (QED) is 0.311. The lowest BCUT2D eigenvalue weighted by Gasteiger charge is -2.50. The van der Waals surface area contributed by atoms with Gasteiger partial charge in [0.25, 0.3) is 0 Å². The Bertz CT molecular complexity index is 1250. The number of fused-ring (bicyclic) bond motifs is 4. The number of hydrogen-bond acceptors (Lipinski definition) is 6. The maximum atomic E-state index is 14.0. The molecule has 2 aromatic rings. The molecule has 11 heteroatoms. The maximum absolute atomic E-state index is 14.0. The first-order valence-corrected chi connectivity index (χ1v) is 14.3. The van der Waals surface area contributed by atoms with Crippen molar-refractivity contribution in [1.82, 2.24) is 9.88 Å². The van der Waals surface area contributed by atoms with E-state index in [0.717, 1.165) is 42.7 Å². The normalized spacial score (nSPS) is 24.7. The molecule has 1 aromatic carbocycles. The molecule has 1 aliphatic heterocycles. The third-order valence-corrected chi connectivity index (χ3v) is 9.18. The van der Waals surface area contributed by atoms with Gasteiger partial charge in [-0.25, -0.2) is 9.18 Å². The summed E-state index contributed by atoms with van der Waals surface area (Å²) < 4.78 is 20.7. The molecule has 2 heterocycles. The Kier molecular flexibility index (Phi) is 9.40. The van der Waals surface area contributed by atoms with Crippen LogP contribution in [0.4, 0.5) is 4.39 Å². The third kappa shape index (κ3) is 6.73. The summed E-state index contributed by atoms with van der Waals surface area (Å²) in [7, 11) is 4.43. The lowest BCUT2D eigenvalue weighted by atomic mass is 9.66. The van der Waals surface area contributed by atoms with Crippen molar-refractivity contribution in [3.8, 4) is 0 Å². The lowest BCUT2D eigenvalue weighted by molar-refractivity contribution is -0.170. The minimum atomic E-state index is -2.74. The molecule has 3 unspecified atom stereocenters. The van der Waals surface area contributed by atoms with E-state index >= 15 is 0 Å². The van der Waals surface area contributed by atoms with Crippen LogP contribution in [0.3, 0.4) is 0 Å². The highest BCUT2D eigenvalue weighted by Gasteiger charge is 2.50. The molecule has 10 nitrogen and oxygen atoms in total. The minimum Gasteiger partial charge on any atom is -0.481 e. The first-order chi connectivity index (χ1) is 19.3. The van der Waals surface area contributed by atoms with Crippen molar-refractivity contribution in [3.63, 3.8) is 0 Å². The number of aromatic amines is 1. The van der Waals surface area contributed by atoms with Crippen LogP contribution in [-0.2, 0) is 31.1 Å². The van der Waals surface area contributed by atoms with Crippen molar-refractivity contribution in [2.45, 2.75) is 87.9 Å². The van der Waals surface area contributed by atoms with E-state index in [1.807, 2.05) is 6.07 Å². The molecule has 3 atom stereocenters. The fourth-order valence-corrected chi connectivity index (χ4v) is 7.11. The molecule has 1 aromatic heterocycles. The van der Waals surface area contributed by atoms with Gasteiger partial charge in [-0.1, -0.05) is 25.7 Å². The number of benzene rings is 1. The number of aliphatic hydroxyl groups is 1. The van der Waals surface area contributed by atoms with E-state index < -0.39 is 36.4 Å². The third-order valence-electron chi connectivity index (χ3n) is 9.18. The van der Waals surface area contributed by atoms with Crippen molar-refractivity contribution in [2.75, 3.05) is 20.7 Å². The fourth-order valence-electron chi connectivity index (χ4n) is 7.11. The molecule has 41 heavy (non-hydrogen) atoms. The number of nitrogens with one attached hydrogen (secondary N) is 1. The molecule has 0 radical (unpaired) electrons. The number of halogens is 1. The van der Waals surface area contributed by atoms with Gasteiger partial charge in [-0.3, -0.25) is 9.59 Å². The van der Waals surface area contributed by atoms with Gasteiger partial charge in [0.1, 0.15) is 11.4 Å². The highest BCUT2D eigenvalue weighted by molar-refractivity contribution is 5.88. The zero-order valence-corrected chi connectivity index (χ0v) is 23.7. The number of nitrogens with zero attached hydrogens (tertiary/aromatic N) is 1. The molecule has 2 fully saturated rings. The Hall–Kier alpha value is -3.02. The summed E-state index contributed by atoms with van der Waals surface area (Å²) in [6.07, 6.45) is 8.83. The molecule has 1 spiro atoms. The molecular weight excluding hydrogens is 535 g/mol. The predicted octanol–water partition coefficient (Wildman–Crippen LogP) is 4.14. The summed E-state index contributed by atoms with van der Waals surface area (Å²) in [5.74, 6) is -3.78. The molecule has 5 N–H and O–H groups in total. The molecule has 0 saturated heterocycles. The second-order valence-corrected chi connectivity index (χ2v) is 12.1. The molecular formula is C30H41FN2O8. The van der Waals surface area contributed by atoms with Gasteiger partial charge in [-0.15, -0.1) is 0 Å². The Morgan fingerprint density at radius 2 is 1.76 bits per heavy atom. The number of rotatable bonds is 8. The monoisotopic (exact) mass is 576 g/mol. The van der Waals surface area contributed by atoms with Gasteiger partial charge >= 0.3 is 17.9 Å².